The molecule has 2 heterocycles. The Bertz CT molecular complexity index is 1570. The Balaban J connectivity index is 1.28. The number of ether oxygens (including phenoxy) is 1. The average Bonchev–Trinajstić information content (AvgIpc) is 2.95. The van der Waals surface area contributed by atoms with Gasteiger partial charge in [-0.1, -0.05) is 57.9 Å². The van der Waals surface area contributed by atoms with Gasteiger partial charge < -0.3 is 9.64 Å². The molecule has 2 aliphatic rings. The topological polar surface area (TPSA) is 84.0 Å². The molecule has 2 aliphatic heterocycles. The van der Waals surface area contributed by atoms with Crippen molar-refractivity contribution in [1.29, 1.82) is 0 Å². The van der Waals surface area contributed by atoms with Crippen molar-refractivity contribution >= 4 is 55.1 Å². The van der Waals surface area contributed by atoms with Gasteiger partial charge in [-0.15, -0.1) is 0 Å². The molecule has 0 aromatic heterocycles. The van der Waals surface area contributed by atoms with Crippen LogP contribution in [0.1, 0.15) is 52.7 Å². The highest BCUT2D eigenvalue weighted by Crippen LogP contribution is 2.33. The van der Waals surface area contributed by atoms with E-state index in [0.29, 0.717) is 38.4 Å². The second-order valence-corrected chi connectivity index (χ2v) is 14.3. The van der Waals surface area contributed by atoms with Crippen LogP contribution in [0.4, 0.5) is 5.69 Å². The first-order chi connectivity index (χ1) is 20.0. The van der Waals surface area contributed by atoms with Gasteiger partial charge in [0.05, 0.1) is 10.6 Å². The van der Waals surface area contributed by atoms with Crippen LogP contribution in [0, 0.1) is 19.8 Å². The first kappa shape index (κ1) is 30.7. The number of sulfonamides is 1. The van der Waals surface area contributed by atoms with Crippen LogP contribution in [0.15, 0.2) is 70.0 Å². The van der Waals surface area contributed by atoms with Crippen LogP contribution >= 0.6 is 27.5 Å². The van der Waals surface area contributed by atoms with E-state index in [1.165, 1.54) is 28.1 Å². The van der Waals surface area contributed by atoms with Crippen molar-refractivity contribution in [2.24, 2.45) is 5.92 Å². The molecule has 1 amide bonds. The average molecular weight is 674 g/mol. The molecule has 0 aliphatic carbocycles. The molecule has 5 rings (SSSR count). The minimum Gasteiger partial charge on any atom is -0.449 e. The Morgan fingerprint density at radius 3 is 2.31 bits per heavy atom. The van der Waals surface area contributed by atoms with Gasteiger partial charge in [-0.25, -0.2) is 13.2 Å². The second-order valence-electron chi connectivity index (χ2n) is 11.1. The van der Waals surface area contributed by atoms with E-state index in [1.807, 2.05) is 44.2 Å². The number of nitrogens with zero attached hydrogens (tertiary/aromatic N) is 2. The molecule has 2 saturated heterocycles. The van der Waals surface area contributed by atoms with Crippen molar-refractivity contribution in [3.05, 3.63) is 92.4 Å². The molecule has 3 aromatic carbocycles. The zero-order valence-electron chi connectivity index (χ0n) is 23.7. The molecule has 0 N–H and O–H groups in total. The fourth-order valence-electron chi connectivity index (χ4n) is 5.97. The summed E-state index contributed by atoms with van der Waals surface area (Å²) in [6.45, 7) is 5.18. The maximum atomic E-state index is 13.6. The van der Waals surface area contributed by atoms with Crippen molar-refractivity contribution in [1.82, 2.24) is 4.31 Å². The van der Waals surface area contributed by atoms with Crippen molar-refractivity contribution in [2.45, 2.75) is 57.0 Å². The van der Waals surface area contributed by atoms with E-state index in [0.717, 1.165) is 40.5 Å². The minimum atomic E-state index is -3.93. The summed E-state index contributed by atoms with van der Waals surface area (Å²) in [6, 6.07) is 18.2. The molecule has 1 atom stereocenters. The number of carbonyl (C=O) groups excluding carboxylic acids is 2. The van der Waals surface area contributed by atoms with E-state index >= 15 is 0 Å². The maximum Gasteiger partial charge on any atom is 0.338 e. The van der Waals surface area contributed by atoms with Gasteiger partial charge in [0.2, 0.25) is 10.0 Å². The van der Waals surface area contributed by atoms with E-state index in [2.05, 4.69) is 28.1 Å². The number of piperidine rings is 2. The van der Waals surface area contributed by atoms with E-state index in [4.69, 9.17) is 16.3 Å². The number of rotatable bonds is 7. The molecular weight excluding hydrogens is 640 g/mol. The number of carbonyl (C=O) groups is 2. The lowest BCUT2D eigenvalue weighted by atomic mass is 9.91. The smallest absolute Gasteiger partial charge is 0.338 e. The summed E-state index contributed by atoms with van der Waals surface area (Å²) < 4.78 is 35.3. The number of halogens is 2. The predicted molar refractivity (Wildman–Crippen MR) is 167 cm³/mol. The molecule has 2 fully saturated rings. The molecule has 7 nitrogen and oxygen atoms in total. The molecule has 10 heteroatoms. The zero-order chi connectivity index (χ0) is 30.0. The van der Waals surface area contributed by atoms with Crippen LogP contribution in [-0.2, 0) is 26.0 Å². The maximum absolute atomic E-state index is 13.6. The van der Waals surface area contributed by atoms with Crippen LogP contribution in [-0.4, -0.2) is 50.3 Å². The van der Waals surface area contributed by atoms with Gasteiger partial charge in [-0.2, -0.15) is 4.31 Å². The Morgan fingerprint density at radius 2 is 1.64 bits per heavy atom. The highest BCUT2D eigenvalue weighted by Gasteiger charge is 2.35. The highest BCUT2D eigenvalue weighted by atomic mass is 79.9. The number of esters is 1. The highest BCUT2D eigenvalue weighted by molar-refractivity contribution is 9.10. The zero-order valence-corrected chi connectivity index (χ0v) is 26.8. The lowest BCUT2D eigenvalue weighted by Gasteiger charge is -2.34. The number of anilines is 1. The van der Waals surface area contributed by atoms with Crippen molar-refractivity contribution in [3.8, 4) is 0 Å². The molecule has 222 valence electrons. The fraction of sp³-hybridized carbons (Fsp3) is 0.375. The Morgan fingerprint density at radius 1 is 0.976 bits per heavy atom. The van der Waals surface area contributed by atoms with Crippen LogP contribution < -0.4 is 4.90 Å². The van der Waals surface area contributed by atoms with Crippen LogP contribution in [0.25, 0.3) is 0 Å². The third-order valence-corrected chi connectivity index (χ3v) is 10.9. The van der Waals surface area contributed by atoms with Gasteiger partial charge in [-0.05, 0) is 98.9 Å². The third-order valence-electron chi connectivity index (χ3n) is 8.09. The molecule has 3 aromatic rings. The molecule has 0 saturated carbocycles. The summed E-state index contributed by atoms with van der Waals surface area (Å²) in [4.78, 5) is 28.2. The standard InChI is InChI=1S/C32H34BrClN2O5S/c1-21-17-26(33)18-22(2)30(21)36-14-6-9-28(31(36)37)41-32(38)25-10-11-27(34)29(20-25)42(39,40)35-15-12-24(13-16-35)19-23-7-4-3-5-8-23/h3-5,7-8,10-11,17-18,20,24,28H,6,9,12-16,19H2,1-2H3. The quantitative estimate of drug-likeness (QED) is 0.260. The molecule has 0 bridgehead atoms. The van der Waals surface area contributed by atoms with E-state index in [1.54, 1.807) is 4.90 Å². The number of amides is 1. The minimum absolute atomic E-state index is 0.0397. The van der Waals surface area contributed by atoms with Gasteiger partial charge >= 0.3 is 5.97 Å². The monoisotopic (exact) mass is 672 g/mol. The summed E-state index contributed by atoms with van der Waals surface area (Å²) in [5.74, 6) is -0.648. The number of hydrogen-bond acceptors (Lipinski definition) is 5. The lowest BCUT2D eigenvalue weighted by Crippen LogP contribution is -2.46. The third kappa shape index (κ3) is 6.59. The van der Waals surface area contributed by atoms with E-state index in [9.17, 15) is 18.0 Å². The number of benzene rings is 3. The van der Waals surface area contributed by atoms with E-state index in [-0.39, 0.29) is 21.4 Å². The molecule has 0 spiro atoms. The lowest BCUT2D eigenvalue weighted by molar-refractivity contribution is -0.129. The molecule has 1 unspecified atom stereocenters. The number of hydrogen-bond donors (Lipinski definition) is 0. The van der Waals surface area contributed by atoms with Crippen molar-refractivity contribution in [2.75, 3.05) is 24.5 Å². The van der Waals surface area contributed by atoms with Gasteiger partial charge in [0, 0.05) is 29.8 Å². The molecular formula is C32H34BrClN2O5S. The van der Waals surface area contributed by atoms with Gasteiger partial charge in [-0.3, -0.25) is 4.79 Å². The predicted octanol–water partition coefficient (Wildman–Crippen LogP) is 6.72. The fourth-order valence-corrected chi connectivity index (χ4v) is 8.62. The summed E-state index contributed by atoms with van der Waals surface area (Å²) in [7, 11) is -3.93. The summed E-state index contributed by atoms with van der Waals surface area (Å²) in [5.41, 5.74) is 3.99. The summed E-state index contributed by atoms with van der Waals surface area (Å²) in [5, 5.41) is 0.0408. The first-order valence-corrected chi connectivity index (χ1v) is 16.8. The van der Waals surface area contributed by atoms with Gasteiger partial charge in [0.25, 0.3) is 5.91 Å². The van der Waals surface area contributed by atoms with Gasteiger partial charge in [0.1, 0.15) is 4.90 Å². The van der Waals surface area contributed by atoms with Gasteiger partial charge in [0.15, 0.2) is 6.10 Å². The second kappa shape index (κ2) is 12.9. The largest absolute Gasteiger partial charge is 0.449 e. The SMILES string of the molecule is Cc1cc(Br)cc(C)c1N1CCCC(OC(=O)c2ccc(Cl)c(S(=O)(=O)N3CCC(Cc4ccccc4)CC3)c2)C1=O. The molecule has 0 radical (unpaired) electrons. The molecule has 42 heavy (non-hydrogen) atoms. The van der Waals surface area contributed by atoms with Crippen LogP contribution in [0.3, 0.4) is 0 Å². The Hall–Kier alpha value is -2.72. The van der Waals surface area contributed by atoms with Crippen LogP contribution in [0.2, 0.25) is 5.02 Å². The number of aryl methyl sites for hydroxylation is 2. The first-order valence-electron chi connectivity index (χ1n) is 14.2. The van der Waals surface area contributed by atoms with E-state index < -0.39 is 22.1 Å². The normalized spacial score (nSPS) is 18.7. The Kier molecular flexibility index (Phi) is 9.42. The van der Waals surface area contributed by atoms with Crippen molar-refractivity contribution < 1.29 is 22.7 Å². The van der Waals surface area contributed by atoms with Crippen molar-refractivity contribution in [3.63, 3.8) is 0 Å². The van der Waals surface area contributed by atoms with Crippen LogP contribution in [0.5, 0.6) is 0 Å². The summed E-state index contributed by atoms with van der Waals surface area (Å²) >= 11 is 9.85. The Labute approximate surface area is 261 Å². The summed E-state index contributed by atoms with van der Waals surface area (Å²) in [6.07, 6.45) is 2.49.